The first-order valence-electron chi connectivity index (χ1n) is 3.24. The highest BCUT2D eigenvalue weighted by molar-refractivity contribution is 4.76. The minimum absolute atomic E-state index is 0.286. The number of ether oxygens (including phenoxy) is 2. The monoisotopic (exact) mass is 148 g/mol. The molecule has 0 bridgehead atoms. The third-order valence-corrected chi connectivity index (χ3v) is 1.54. The lowest BCUT2D eigenvalue weighted by molar-refractivity contribution is -0.111. The minimum Gasteiger partial charge on any atom is -0.390 e. The highest BCUT2D eigenvalue weighted by atomic mass is 16.6. The van der Waals surface area contributed by atoms with Crippen molar-refractivity contribution >= 4 is 0 Å². The van der Waals surface area contributed by atoms with E-state index < -0.39 is 12.4 Å². The van der Waals surface area contributed by atoms with Gasteiger partial charge in [0.15, 0.2) is 6.29 Å². The Morgan fingerprint density at radius 2 is 2.30 bits per heavy atom. The molecule has 0 amide bonds. The van der Waals surface area contributed by atoms with E-state index in [0.717, 1.165) is 0 Å². The molecule has 2 N–H and O–H groups in total. The molecule has 1 rings (SSSR count). The van der Waals surface area contributed by atoms with Crippen LogP contribution in [0.2, 0.25) is 0 Å². The van der Waals surface area contributed by atoms with Gasteiger partial charge in [0.05, 0.1) is 12.7 Å². The van der Waals surface area contributed by atoms with Crippen molar-refractivity contribution in [1.82, 2.24) is 0 Å². The number of hydrogen-bond donors (Lipinski definition) is 2. The summed E-state index contributed by atoms with van der Waals surface area (Å²) in [6, 6.07) is 0. The number of aliphatic hydroxyl groups is 2. The highest BCUT2D eigenvalue weighted by Crippen LogP contribution is 2.18. The van der Waals surface area contributed by atoms with Crippen molar-refractivity contribution in [2.45, 2.75) is 24.9 Å². The zero-order valence-electron chi connectivity index (χ0n) is 5.86. The van der Waals surface area contributed by atoms with Crippen molar-refractivity contribution in [2.24, 2.45) is 0 Å². The van der Waals surface area contributed by atoms with E-state index in [1.807, 2.05) is 0 Å². The summed E-state index contributed by atoms with van der Waals surface area (Å²) in [7, 11) is 1.53. The molecule has 3 atom stereocenters. The maximum Gasteiger partial charge on any atom is 0.157 e. The molecule has 1 fully saturated rings. The normalized spacial score (nSPS) is 40.5. The van der Waals surface area contributed by atoms with E-state index in [0.29, 0.717) is 6.61 Å². The van der Waals surface area contributed by atoms with Crippen LogP contribution in [0.3, 0.4) is 0 Å². The van der Waals surface area contributed by atoms with Gasteiger partial charge in [0, 0.05) is 13.5 Å². The van der Waals surface area contributed by atoms with Crippen molar-refractivity contribution in [1.29, 1.82) is 0 Å². The van der Waals surface area contributed by atoms with Gasteiger partial charge in [-0.15, -0.1) is 0 Å². The van der Waals surface area contributed by atoms with Crippen LogP contribution in [0.4, 0.5) is 0 Å². The van der Waals surface area contributed by atoms with Crippen molar-refractivity contribution in [3.05, 3.63) is 0 Å². The van der Waals surface area contributed by atoms with E-state index in [2.05, 4.69) is 0 Å². The lowest BCUT2D eigenvalue weighted by Gasteiger charge is -2.11. The molecule has 0 radical (unpaired) electrons. The van der Waals surface area contributed by atoms with Crippen LogP contribution in [0.1, 0.15) is 6.42 Å². The van der Waals surface area contributed by atoms with Gasteiger partial charge < -0.3 is 19.7 Å². The van der Waals surface area contributed by atoms with Crippen LogP contribution in [-0.2, 0) is 9.47 Å². The molecule has 0 spiro atoms. The Kier molecular flexibility index (Phi) is 2.62. The first-order chi connectivity index (χ1) is 4.74. The van der Waals surface area contributed by atoms with Gasteiger partial charge in [-0.1, -0.05) is 0 Å². The van der Waals surface area contributed by atoms with E-state index in [-0.39, 0.29) is 12.5 Å². The topological polar surface area (TPSA) is 58.9 Å². The van der Waals surface area contributed by atoms with E-state index >= 15 is 0 Å². The van der Waals surface area contributed by atoms with Crippen LogP contribution >= 0.6 is 0 Å². The lowest BCUT2D eigenvalue weighted by atomic mass is 10.2. The second-order valence-corrected chi connectivity index (χ2v) is 2.39. The minimum atomic E-state index is -0.824. The Bertz CT molecular complexity index is 106. The molecule has 0 aliphatic carbocycles. The van der Waals surface area contributed by atoms with Crippen LogP contribution in [0.15, 0.2) is 0 Å². The highest BCUT2D eigenvalue weighted by Gasteiger charge is 2.32. The molecular weight excluding hydrogens is 136 g/mol. The Morgan fingerprint density at radius 1 is 1.60 bits per heavy atom. The molecule has 1 aliphatic heterocycles. The van der Waals surface area contributed by atoms with Crippen LogP contribution < -0.4 is 0 Å². The molecule has 4 nitrogen and oxygen atoms in total. The summed E-state index contributed by atoms with van der Waals surface area (Å²) in [4.78, 5) is 0. The second kappa shape index (κ2) is 3.30. The summed E-state index contributed by atoms with van der Waals surface area (Å²) in [6.07, 6.45) is -1.49. The largest absolute Gasteiger partial charge is 0.390 e. The van der Waals surface area contributed by atoms with Gasteiger partial charge in [-0.2, -0.15) is 0 Å². The van der Waals surface area contributed by atoms with Crippen LogP contribution in [0.5, 0.6) is 0 Å². The van der Waals surface area contributed by atoms with Gasteiger partial charge >= 0.3 is 0 Å². The third kappa shape index (κ3) is 1.67. The third-order valence-electron chi connectivity index (χ3n) is 1.54. The summed E-state index contributed by atoms with van der Waals surface area (Å²) in [5, 5.41) is 18.0. The van der Waals surface area contributed by atoms with Crippen LogP contribution in [-0.4, -0.2) is 42.4 Å². The molecule has 1 aliphatic rings. The molecule has 4 heteroatoms. The van der Waals surface area contributed by atoms with Crippen molar-refractivity contribution in [3.63, 3.8) is 0 Å². The average Bonchev–Trinajstić information content (AvgIpc) is 2.13. The van der Waals surface area contributed by atoms with Gasteiger partial charge in [0.1, 0.15) is 6.10 Å². The number of rotatable bonds is 2. The van der Waals surface area contributed by atoms with Crippen molar-refractivity contribution in [2.75, 3.05) is 13.7 Å². The van der Waals surface area contributed by atoms with E-state index in [1.165, 1.54) is 7.11 Å². The van der Waals surface area contributed by atoms with Crippen LogP contribution in [0, 0.1) is 0 Å². The first-order valence-corrected chi connectivity index (χ1v) is 3.24. The number of aliphatic hydroxyl groups excluding tert-OH is 2. The van der Waals surface area contributed by atoms with Gasteiger partial charge in [0.25, 0.3) is 0 Å². The quantitative estimate of drug-likeness (QED) is 0.533. The first kappa shape index (κ1) is 7.94. The Morgan fingerprint density at radius 3 is 2.70 bits per heavy atom. The summed E-state index contributed by atoms with van der Waals surface area (Å²) < 4.78 is 9.64. The zero-order valence-corrected chi connectivity index (χ0v) is 5.86. The van der Waals surface area contributed by atoms with E-state index in [1.54, 1.807) is 0 Å². The smallest absolute Gasteiger partial charge is 0.157 e. The maximum atomic E-state index is 9.13. The fourth-order valence-corrected chi connectivity index (χ4v) is 1.02. The van der Waals surface area contributed by atoms with Crippen LogP contribution in [0.25, 0.3) is 0 Å². The molecular formula is C6H12O4. The van der Waals surface area contributed by atoms with Crippen molar-refractivity contribution in [3.8, 4) is 0 Å². The molecule has 1 heterocycles. The SMILES string of the molecule is COCC1OC(O)C[C@@H]1O. The van der Waals surface area contributed by atoms with Crippen molar-refractivity contribution < 1.29 is 19.7 Å². The van der Waals surface area contributed by atoms with Gasteiger partial charge in [0.2, 0.25) is 0 Å². The Hall–Kier alpha value is -0.160. The second-order valence-electron chi connectivity index (χ2n) is 2.39. The molecule has 1 saturated heterocycles. The molecule has 0 aromatic heterocycles. The molecule has 60 valence electrons. The molecule has 0 saturated carbocycles. The molecule has 10 heavy (non-hydrogen) atoms. The number of methoxy groups -OCH3 is 1. The van der Waals surface area contributed by atoms with Gasteiger partial charge in [-0.3, -0.25) is 0 Å². The lowest BCUT2D eigenvalue weighted by Crippen LogP contribution is -2.25. The Labute approximate surface area is 59.4 Å². The fourth-order valence-electron chi connectivity index (χ4n) is 1.02. The van der Waals surface area contributed by atoms with E-state index in [9.17, 15) is 0 Å². The molecule has 0 aromatic carbocycles. The molecule has 2 unspecified atom stereocenters. The predicted octanol–water partition coefficient (Wildman–Crippen LogP) is -0.899. The summed E-state index contributed by atoms with van der Waals surface area (Å²) in [6.45, 7) is 0.332. The molecule has 0 aromatic rings. The predicted molar refractivity (Wildman–Crippen MR) is 33.4 cm³/mol. The summed E-state index contributed by atoms with van der Waals surface area (Å²) in [5.74, 6) is 0. The van der Waals surface area contributed by atoms with Gasteiger partial charge in [-0.05, 0) is 0 Å². The standard InChI is InChI=1S/C6H12O4/c1-9-3-5-4(7)2-6(8)10-5/h4-8H,2-3H2,1H3/t4-,5?,6?/m0/s1. The maximum absolute atomic E-state index is 9.13. The van der Waals surface area contributed by atoms with Gasteiger partial charge in [-0.25, -0.2) is 0 Å². The summed E-state index contributed by atoms with van der Waals surface area (Å²) >= 11 is 0. The van der Waals surface area contributed by atoms with E-state index in [4.69, 9.17) is 19.7 Å². The fraction of sp³-hybridized carbons (Fsp3) is 1.00. The zero-order chi connectivity index (χ0) is 7.56. The Balaban J connectivity index is 2.31. The average molecular weight is 148 g/mol. The number of hydrogen-bond acceptors (Lipinski definition) is 4. The summed E-state index contributed by atoms with van der Waals surface area (Å²) in [5.41, 5.74) is 0.